The molecule has 1 rings (SSSR count). The molecule has 0 fully saturated rings. The number of para-hydroxylation sites is 1. The molecule has 0 radical (unpaired) electrons. The highest BCUT2D eigenvalue weighted by atomic mass is 32.2. The van der Waals surface area contributed by atoms with Crippen LogP contribution in [0.2, 0.25) is 0 Å². The summed E-state index contributed by atoms with van der Waals surface area (Å²) in [5.74, 6) is 3.55. The second-order valence-corrected chi connectivity index (χ2v) is 3.93. The first-order valence-corrected chi connectivity index (χ1v) is 5.15. The van der Waals surface area contributed by atoms with Gasteiger partial charge < -0.3 is 5.73 Å². The molecule has 68 valence electrons. The average molecular weight is 191 g/mol. The fraction of sp³-hybridized carbons (Fsp3) is 0.273. The Hall–Kier alpha value is -1.07. The summed E-state index contributed by atoms with van der Waals surface area (Å²) < 4.78 is 0. The Morgan fingerprint density at radius 1 is 1.54 bits per heavy atom. The van der Waals surface area contributed by atoms with Gasteiger partial charge in [0.2, 0.25) is 0 Å². The highest BCUT2D eigenvalue weighted by Gasteiger charge is 2.00. The van der Waals surface area contributed by atoms with Crippen molar-refractivity contribution in [1.82, 2.24) is 0 Å². The van der Waals surface area contributed by atoms with Crippen molar-refractivity contribution in [3.63, 3.8) is 0 Å². The van der Waals surface area contributed by atoms with Gasteiger partial charge in [0.15, 0.2) is 0 Å². The molecule has 13 heavy (non-hydrogen) atoms. The SMILES string of the molecule is C#CCCSc1cccc(C)c1N. The Bertz CT molecular complexity index is 325. The standard InChI is InChI=1S/C11H13NS/c1-3-4-8-13-10-7-5-6-9(2)11(10)12/h1,5-7H,4,8,12H2,2H3. The molecular weight excluding hydrogens is 178 g/mol. The highest BCUT2D eigenvalue weighted by molar-refractivity contribution is 7.99. The van der Waals surface area contributed by atoms with Crippen LogP contribution >= 0.6 is 11.8 Å². The zero-order valence-electron chi connectivity index (χ0n) is 7.71. The monoisotopic (exact) mass is 191 g/mol. The number of hydrogen-bond donors (Lipinski definition) is 1. The van der Waals surface area contributed by atoms with E-state index in [0.717, 1.165) is 28.3 Å². The number of benzene rings is 1. The Morgan fingerprint density at radius 3 is 3.00 bits per heavy atom. The van der Waals surface area contributed by atoms with Crippen molar-refractivity contribution in [1.29, 1.82) is 0 Å². The molecule has 0 atom stereocenters. The Labute approximate surface area is 83.7 Å². The van der Waals surface area contributed by atoms with Crippen LogP contribution in [0.3, 0.4) is 0 Å². The Balaban J connectivity index is 2.67. The quantitative estimate of drug-likeness (QED) is 0.344. The summed E-state index contributed by atoms with van der Waals surface area (Å²) >= 11 is 1.72. The number of nitrogen functional groups attached to an aromatic ring is 1. The lowest BCUT2D eigenvalue weighted by Crippen LogP contribution is -1.92. The van der Waals surface area contributed by atoms with Crippen LogP contribution in [0.15, 0.2) is 23.1 Å². The third-order valence-corrected chi connectivity index (χ3v) is 2.86. The molecule has 0 saturated heterocycles. The van der Waals surface area contributed by atoms with Crippen LogP contribution in [0.1, 0.15) is 12.0 Å². The number of hydrogen-bond acceptors (Lipinski definition) is 2. The molecule has 0 spiro atoms. The second-order valence-electron chi connectivity index (χ2n) is 2.79. The summed E-state index contributed by atoms with van der Waals surface area (Å²) in [6.45, 7) is 2.01. The number of thioether (sulfide) groups is 1. The van der Waals surface area contributed by atoms with E-state index >= 15 is 0 Å². The van der Waals surface area contributed by atoms with E-state index in [1.54, 1.807) is 11.8 Å². The van der Waals surface area contributed by atoms with Crippen molar-refractivity contribution in [2.24, 2.45) is 0 Å². The van der Waals surface area contributed by atoms with E-state index in [-0.39, 0.29) is 0 Å². The van der Waals surface area contributed by atoms with Gasteiger partial charge in [-0.05, 0) is 18.6 Å². The lowest BCUT2D eigenvalue weighted by molar-refractivity contribution is 1.28. The van der Waals surface area contributed by atoms with Crippen LogP contribution in [0.25, 0.3) is 0 Å². The predicted octanol–water partition coefficient (Wildman–Crippen LogP) is 2.69. The maximum atomic E-state index is 5.89. The van der Waals surface area contributed by atoms with Crippen LogP contribution in [0.4, 0.5) is 5.69 Å². The smallest absolute Gasteiger partial charge is 0.0481 e. The summed E-state index contributed by atoms with van der Waals surface area (Å²) in [5.41, 5.74) is 7.90. The third kappa shape index (κ3) is 2.71. The molecule has 0 heterocycles. The number of nitrogens with two attached hydrogens (primary N) is 1. The lowest BCUT2D eigenvalue weighted by atomic mass is 10.2. The summed E-state index contributed by atoms with van der Waals surface area (Å²) in [6, 6.07) is 6.06. The van der Waals surface area contributed by atoms with Crippen molar-refractivity contribution >= 4 is 17.4 Å². The van der Waals surface area contributed by atoms with E-state index in [0.29, 0.717) is 0 Å². The number of terminal acetylenes is 1. The molecular formula is C11H13NS. The molecule has 0 bridgehead atoms. The van der Waals surface area contributed by atoms with Gasteiger partial charge in [0, 0.05) is 22.8 Å². The van der Waals surface area contributed by atoms with Gasteiger partial charge in [0.1, 0.15) is 0 Å². The van der Waals surface area contributed by atoms with Gasteiger partial charge in [-0.2, -0.15) is 0 Å². The van der Waals surface area contributed by atoms with Gasteiger partial charge in [0.25, 0.3) is 0 Å². The van der Waals surface area contributed by atoms with Crippen LogP contribution in [0, 0.1) is 19.3 Å². The maximum absolute atomic E-state index is 5.89. The molecule has 0 aromatic heterocycles. The number of aryl methyl sites for hydroxylation is 1. The molecule has 0 unspecified atom stereocenters. The Morgan fingerprint density at radius 2 is 2.31 bits per heavy atom. The van der Waals surface area contributed by atoms with E-state index in [4.69, 9.17) is 12.2 Å². The van der Waals surface area contributed by atoms with E-state index in [2.05, 4.69) is 5.92 Å². The molecule has 0 aliphatic heterocycles. The summed E-state index contributed by atoms with van der Waals surface area (Å²) in [5, 5.41) is 0. The van der Waals surface area contributed by atoms with E-state index < -0.39 is 0 Å². The van der Waals surface area contributed by atoms with Crippen molar-refractivity contribution in [3.8, 4) is 12.3 Å². The van der Waals surface area contributed by atoms with E-state index in [1.165, 1.54) is 0 Å². The minimum Gasteiger partial charge on any atom is -0.398 e. The van der Waals surface area contributed by atoms with Crippen LogP contribution < -0.4 is 5.73 Å². The molecule has 1 aromatic rings. The summed E-state index contributed by atoms with van der Waals surface area (Å²) in [7, 11) is 0. The first-order chi connectivity index (χ1) is 6.25. The fourth-order valence-electron chi connectivity index (χ4n) is 1.000. The molecule has 1 nitrogen and oxygen atoms in total. The lowest BCUT2D eigenvalue weighted by Gasteiger charge is -2.06. The van der Waals surface area contributed by atoms with Gasteiger partial charge in [0.05, 0.1) is 0 Å². The van der Waals surface area contributed by atoms with Crippen molar-refractivity contribution in [2.75, 3.05) is 11.5 Å². The molecule has 1 aromatic carbocycles. The zero-order chi connectivity index (χ0) is 9.68. The van der Waals surface area contributed by atoms with Gasteiger partial charge >= 0.3 is 0 Å². The van der Waals surface area contributed by atoms with Crippen LogP contribution in [-0.2, 0) is 0 Å². The van der Waals surface area contributed by atoms with Gasteiger partial charge in [-0.1, -0.05) is 12.1 Å². The first-order valence-electron chi connectivity index (χ1n) is 4.17. The third-order valence-electron chi connectivity index (χ3n) is 1.79. The van der Waals surface area contributed by atoms with Crippen LogP contribution in [0.5, 0.6) is 0 Å². The van der Waals surface area contributed by atoms with Crippen LogP contribution in [-0.4, -0.2) is 5.75 Å². The molecule has 0 aliphatic carbocycles. The molecule has 2 N–H and O–H groups in total. The van der Waals surface area contributed by atoms with Crippen molar-refractivity contribution in [2.45, 2.75) is 18.2 Å². The Kier molecular flexibility index (Phi) is 3.72. The predicted molar refractivity (Wildman–Crippen MR) is 59.8 cm³/mol. The minimum atomic E-state index is 0.790. The first kappa shape index (κ1) is 10.0. The maximum Gasteiger partial charge on any atom is 0.0481 e. The van der Waals surface area contributed by atoms with Gasteiger partial charge in [-0.3, -0.25) is 0 Å². The van der Waals surface area contributed by atoms with E-state index in [9.17, 15) is 0 Å². The van der Waals surface area contributed by atoms with Crippen molar-refractivity contribution in [3.05, 3.63) is 23.8 Å². The number of rotatable bonds is 3. The largest absolute Gasteiger partial charge is 0.398 e. The van der Waals surface area contributed by atoms with Gasteiger partial charge in [-0.15, -0.1) is 24.1 Å². The molecule has 0 aliphatic rings. The average Bonchev–Trinajstić information content (AvgIpc) is 2.13. The van der Waals surface area contributed by atoms with E-state index in [1.807, 2.05) is 25.1 Å². The molecule has 0 saturated carbocycles. The highest BCUT2D eigenvalue weighted by Crippen LogP contribution is 2.27. The number of anilines is 1. The second kappa shape index (κ2) is 4.84. The fourth-order valence-corrected chi connectivity index (χ4v) is 1.93. The van der Waals surface area contributed by atoms with Gasteiger partial charge in [-0.25, -0.2) is 0 Å². The topological polar surface area (TPSA) is 26.0 Å². The normalized spacial score (nSPS) is 9.54. The van der Waals surface area contributed by atoms with Crippen molar-refractivity contribution < 1.29 is 0 Å². The minimum absolute atomic E-state index is 0.790. The molecule has 0 amide bonds. The molecule has 2 heteroatoms. The summed E-state index contributed by atoms with van der Waals surface area (Å²) in [4.78, 5) is 1.13. The zero-order valence-corrected chi connectivity index (χ0v) is 8.53. The summed E-state index contributed by atoms with van der Waals surface area (Å²) in [6.07, 6.45) is 5.96.